The number of piperidine rings is 1. The van der Waals surface area contributed by atoms with Crippen molar-refractivity contribution in [2.24, 2.45) is 5.41 Å². The lowest BCUT2D eigenvalue weighted by Crippen LogP contribution is -2.42. The van der Waals surface area contributed by atoms with Gasteiger partial charge < -0.3 is 10.2 Å². The molecular weight excluding hydrogens is 444 g/mol. The smallest absolute Gasteiger partial charge is 0.251 e. The Morgan fingerprint density at radius 1 is 1.17 bits per heavy atom. The number of nitrogens with one attached hydrogen (secondary N) is 1. The molecule has 5 heteroatoms. The molecule has 0 spiro atoms. The Morgan fingerprint density at radius 3 is 2.81 bits per heavy atom. The van der Waals surface area contributed by atoms with Gasteiger partial charge in [-0.2, -0.15) is 5.26 Å². The third kappa shape index (κ3) is 4.23. The van der Waals surface area contributed by atoms with Crippen LogP contribution in [0.4, 0.5) is 5.82 Å². The fourth-order valence-corrected chi connectivity index (χ4v) is 5.97. The van der Waals surface area contributed by atoms with Gasteiger partial charge in [-0.15, -0.1) is 0 Å². The fraction of sp³-hybridized carbons (Fsp3) is 0.419. The van der Waals surface area contributed by atoms with E-state index in [0.29, 0.717) is 12.1 Å². The zero-order chi connectivity index (χ0) is 24.9. The van der Waals surface area contributed by atoms with Crippen LogP contribution < -0.4 is 20.8 Å². The first kappa shape index (κ1) is 23.0. The summed E-state index contributed by atoms with van der Waals surface area (Å²) in [5.41, 5.74) is 4.62. The van der Waals surface area contributed by atoms with E-state index in [9.17, 15) is 10.1 Å². The molecule has 0 bridgehead atoms. The number of rotatable bonds is 4. The highest BCUT2D eigenvalue weighted by Gasteiger charge is 2.39. The number of anilines is 1. The second kappa shape index (κ2) is 8.62. The van der Waals surface area contributed by atoms with Gasteiger partial charge in [-0.05, 0) is 86.1 Å². The van der Waals surface area contributed by atoms with E-state index in [1.54, 1.807) is 0 Å². The lowest BCUT2D eigenvalue weighted by molar-refractivity contribution is 0.0943. The van der Waals surface area contributed by atoms with Crippen molar-refractivity contribution in [3.63, 3.8) is 0 Å². The number of nitriles is 1. The number of fused-ring (bicyclic) bond motifs is 2. The molecule has 185 valence electrons. The number of amides is 1. The summed E-state index contributed by atoms with van der Waals surface area (Å²) in [7, 11) is 0. The van der Waals surface area contributed by atoms with Gasteiger partial charge >= 0.3 is 0 Å². The first-order valence-corrected chi connectivity index (χ1v) is 13.2. The normalized spacial score (nSPS) is 26.3. The number of benzene rings is 1. The summed E-state index contributed by atoms with van der Waals surface area (Å²) >= 11 is 0. The third-order valence-corrected chi connectivity index (χ3v) is 8.36. The number of allylic oxidation sites excluding steroid dienone is 2. The Bertz CT molecular complexity index is 1450. The molecule has 1 N–H and O–H groups in total. The molecule has 1 unspecified atom stereocenters. The number of hydrogen-bond acceptors (Lipinski definition) is 4. The second-order valence-corrected chi connectivity index (χ2v) is 11.4. The molecule has 36 heavy (non-hydrogen) atoms. The Kier molecular flexibility index (Phi) is 5.52. The Labute approximate surface area is 214 Å². The zero-order valence-electron chi connectivity index (χ0n) is 21.2. The first-order chi connectivity index (χ1) is 17.4. The van der Waals surface area contributed by atoms with Crippen LogP contribution in [-0.4, -0.2) is 30.5 Å². The molecular formula is C31H35N4O. The van der Waals surface area contributed by atoms with Crippen molar-refractivity contribution >= 4 is 23.9 Å². The van der Waals surface area contributed by atoms with Crippen LogP contribution in [0.2, 0.25) is 0 Å². The van der Waals surface area contributed by atoms with Crippen LogP contribution in [0.5, 0.6) is 0 Å². The number of hydrogen-bond donors (Lipinski definition) is 1. The maximum atomic E-state index is 13.2. The summed E-state index contributed by atoms with van der Waals surface area (Å²) in [5, 5.41) is 15.3. The van der Waals surface area contributed by atoms with Crippen LogP contribution in [-0.2, 0) is 11.8 Å². The predicted octanol–water partition coefficient (Wildman–Crippen LogP) is 3.96. The topological polar surface area (TPSA) is 69.0 Å². The van der Waals surface area contributed by atoms with Crippen molar-refractivity contribution in [2.45, 2.75) is 57.8 Å². The third-order valence-electron chi connectivity index (χ3n) is 8.36. The molecule has 1 aromatic carbocycles. The monoisotopic (exact) mass is 479 g/mol. The van der Waals surface area contributed by atoms with E-state index in [1.807, 2.05) is 25.1 Å². The number of carbonyl (C=O) groups is 1. The molecule has 6 rings (SSSR count). The van der Waals surface area contributed by atoms with Crippen LogP contribution >= 0.6 is 0 Å². The number of aromatic nitrogens is 1. The van der Waals surface area contributed by atoms with E-state index in [-0.39, 0.29) is 12.7 Å². The Morgan fingerprint density at radius 2 is 2.00 bits per heavy atom. The molecule has 2 atom stereocenters. The number of carbonyl (C=O) groups excluding carboxylic acids is 1. The van der Waals surface area contributed by atoms with Crippen molar-refractivity contribution in [3.8, 4) is 6.07 Å². The van der Waals surface area contributed by atoms with Gasteiger partial charge in [0.05, 0.1) is 16.8 Å². The van der Waals surface area contributed by atoms with Crippen LogP contribution in [0.3, 0.4) is 0 Å². The molecule has 1 saturated heterocycles. The van der Waals surface area contributed by atoms with Gasteiger partial charge in [0.1, 0.15) is 5.82 Å². The summed E-state index contributed by atoms with van der Waals surface area (Å²) in [5.74, 6) is 0.971. The molecule has 1 radical (unpaired) electrons. The number of nitrogens with zero attached hydrogens (tertiary/aromatic N) is 3. The van der Waals surface area contributed by atoms with Gasteiger partial charge in [0.25, 0.3) is 5.91 Å². The highest BCUT2D eigenvalue weighted by Crippen LogP contribution is 2.47. The minimum atomic E-state index is -0.602. The van der Waals surface area contributed by atoms with Gasteiger partial charge in [0.15, 0.2) is 0 Å². The fourth-order valence-electron chi connectivity index (χ4n) is 5.97. The maximum absolute atomic E-state index is 13.2. The van der Waals surface area contributed by atoms with Crippen molar-refractivity contribution in [3.05, 3.63) is 75.2 Å². The largest absolute Gasteiger partial charge is 0.357 e. The van der Waals surface area contributed by atoms with E-state index in [0.717, 1.165) is 54.6 Å². The molecule has 5 nitrogen and oxygen atoms in total. The van der Waals surface area contributed by atoms with Gasteiger partial charge in [-0.1, -0.05) is 36.3 Å². The number of pyridine rings is 1. The first-order valence-electron chi connectivity index (χ1n) is 13.2. The van der Waals surface area contributed by atoms with Crippen molar-refractivity contribution in [2.75, 3.05) is 24.5 Å². The highest BCUT2D eigenvalue weighted by atomic mass is 16.1. The molecule has 4 aliphatic rings. The predicted molar refractivity (Wildman–Crippen MR) is 145 cm³/mol. The summed E-state index contributed by atoms with van der Waals surface area (Å²) in [6.07, 6.45) is 12.9. The summed E-state index contributed by atoms with van der Waals surface area (Å²) in [6, 6.07) is 12.7. The summed E-state index contributed by atoms with van der Waals surface area (Å²) in [6.45, 7) is 6.86. The highest BCUT2D eigenvalue weighted by molar-refractivity contribution is 5.94. The lowest BCUT2D eigenvalue weighted by atomic mass is 9.77. The average molecular weight is 480 g/mol. The Hall–Kier alpha value is -3.39. The molecule has 0 saturated carbocycles. The van der Waals surface area contributed by atoms with Gasteiger partial charge in [0, 0.05) is 38.5 Å². The standard InChI is InChI=1S/C31H33N4O.H2/c1-30(11-10-21-8-9-28(34-27(21)18-30)35-12-4-3-5-13-35)20-33-29(36)23-7-6-22-14-24-15-25(24)17-31(2,19-32)26(22)16-23;/h6-10,15-16,18H,3-5,11-14,17,20H2,1-2H3,(H,33,36);1H/t30?,31-;/m0./s1. The molecule has 1 aliphatic heterocycles. The second-order valence-electron chi connectivity index (χ2n) is 11.4. The molecule has 1 aromatic heterocycles. The van der Waals surface area contributed by atoms with Gasteiger partial charge in [0.2, 0.25) is 0 Å². The van der Waals surface area contributed by atoms with Crippen molar-refractivity contribution in [1.82, 2.24) is 10.3 Å². The van der Waals surface area contributed by atoms with Crippen molar-refractivity contribution < 1.29 is 6.22 Å². The van der Waals surface area contributed by atoms with E-state index < -0.39 is 5.41 Å². The Balaban J connectivity index is 0.00000280. The summed E-state index contributed by atoms with van der Waals surface area (Å²) < 4.78 is 0. The van der Waals surface area contributed by atoms with Crippen LogP contribution in [0.1, 0.15) is 68.9 Å². The van der Waals surface area contributed by atoms with E-state index >= 15 is 0 Å². The lowest BCUT2D eigenvalue weighted by Gasteiger charge is -2.29. The van der Waals surface area contributed by atoms with E-state index in [1.165, 1.54) is 35.6 Å². The minimum absolute atomic E-state index is 0. The molecule has 1 amide bonds. The SMILES string of the molecule is CC1(CNC(=O)c2ccc3c(c2)[C@](C)(C#N)CC2=C([CH]2)C3)C=c2nc(N3CCCCC3)ccc2=CC1.[HH]. The quantitative estimate of drug-likeness (QED) is 0.721. The van der Waals surface area contributed by atoms with Crippen LogP contribution in [0.15, 0.2) is 41.5 Å². The zero-order valence-corrected chi connectivity index (χ0v) is 21.2. The molecule has 2 aromatic rings. The summed E-state index contributed by atoms with van der Waals surface area (Å²) in [4.78, 5) is 20.6. The van der Waals surface area contributed by atoms with Crippen LogP contribution in [0, 0.1) is 23.2 Å². The molecule has 3 aliphatic carbocycles. The van der Waals surface area contributed by atoms with Crippen LogP contribution in [0.25, 0.3) is 12.2 Å². The average Bonchev–Trinajstić information content (AvgIpc) is 3.64. The minimum Gasteiger partial charge on any atom is -0.357 e. The molecule has 2 heterocycles. The van der Waals surface area contributed by atoms with E-state index in [2.05, 4.69) is 53.9 Å². The maximum Gasteiger partial charge on any atom is 0.251 e. The van der Waals surface area contributed by atoms with Gasteiger partial charge in [-0.3, -0.25) is 4.79 Å². The van der Waals surface area contributed by atoms with Gasteiger partial charge in [-0.25, -0.2) is 4.98 Å². The van der Waals surface area contributed by atoms with Crippen molar-refractivity contribution in [1.29, 1.82) is 5.26 Å². The molecule has 1 fully saturated rings. The van der Waals surface area contributed by atoms with E-state index in [4.69, 9.17) is 4.98 Å².